The third-order valence-electron chi connectivity index (χ3n) is 4.53. The Labute approximate surface area is 117 Å². The first-order chi connectivity index (χ1) is 9.11. The first-order valence-electron chi connectivity index (χ1n) is 6.86. The van der Waals surface area contributed by atoms with Crippen molar-refractivity contribution >= 4 is 23.2 Å². The van der Waals surface area contributed by atoms with Crippen molar-refractivity contribution in [1.29, 1.82) is 0 Å². The molecule has 2 aliphatic carbocycles. The van der Waals surface area contributed by atoms with Crippen molar-refractivity contribution in [3.8, 4) is 0 Å². The second-order valence-electron chi connectivity index (χ2n) is 5.81. The molecule has 0 aliphatic heterocycles. The standard InChI is InChI=1S/C15H17ClFNO/c16-12-3-4-13(17)14(8-12)18-15(19)7-11-6-9-1-2-10(11)5-9/h3-4,8-11H,1-2,5-7H2,(H,18,19)/t9-,10-,11+/m0/s1. The van der Waals surface area contributed by atoms with Crippen LogP contribution in [0, 0.1) is 23.6 Å². The summed E-state index contributed by atoms with van der Waals surface area (Å²) in [6.45, 7) is 0. The summed E-state index contributed by atoms with van der Waals surface area (Å²) < 4.78 is 13.5. The zero-order chi connectivity index (χ0) is 13.4. The number of fused-ring (bicyclic) bond motifs is 2. The average Bonchev–Trinajstić information content (AvgIpc) is 2.96. The van der Waals surface area contributed by atoms with E-state index in [-0.39, 0.29) is 11.6 Å². The Kier molecular flexibility index (Phi) is 3.48. The molecule has 3 rings (SSSR count). The number of benzene rings is 1. The van der Waals surface area contributed by atoms with Crippen LogP contribution in [0.2, 0.25) is 5.02 Å². The van der Waals surface area contributed by atoms with E-state index in [1.807, 2.05) is 0 Å². The summed E-state index contributed by atoms with van der Waals surface area (Å²) in [5.41, 5.74) is 0.181. The SMILES string of the molecule is O=C(C[C@H]1C[C@H]2CC[C@H]1C2)Nc1cc(Cl)ccc1F. The second kappa shape index (κ2) is 5.12. The smallest absolute Gasteiger partial charge is 0.224 e. The van der Waals surface area contributed by atoms with Gasteiger partial charge in [-0.3, -0.25) is 4.79 Å². The van der Waals surface area contributed by atoms with Gasteiger partial charge in [-0.15, -0.1) is 0 Å². The number of anilines is 1. The highest BCUT2D eigenvalue weighted by atomic mass is 35.5. The van der Waals surface area contributed by atoms with Crippen LogP contribution in [-0.4, -0.2) is 5.91 Å². The van der Waals surface area contributed by atoms with Gasteiger partial charge in [-0.2, -0.15) is 0 Å². The van der Waals surface area contributed by atoms with E-state index in [1.54, 1.807) is 0 Å². The number of halogens is 2. The first kappa shape index (κ1) is 12.9. The highest BCUT2D eigenvalue weighted by Gasteiger charge is 2.40. The quantitative estimate of drug-likeness (QED) is 0.882. The molecule has 0 aromatic heterocycles. The van der Waals surface area contributed by atoms with Crippen LogP contribution >= 0.6 is 11.6 Å². The predicted octanol–water partition coefficient (Wildman–Crippen LogP) is 4.24. The van der Waals surface area contributed by atoms with Crippen molar-refractivity contribution in [3.05, 3.63) is 29.0 Å². The molecule has 102 valence electrons. The summed E-state index contributed by atoms with van der Waals surface area (Å²) in [6, 6.07) is 4.20. The van der Waals surface area contributed by atoms with E-state index in [2.05, 4.69) is 5.32 Å². The zero-order valence-electron chi connectivity index (χ0n) is 10.7. The van der Waals surface area contributed by atoms with E-state index < -0.39 is 5.82 Å². The molecular weight excluding hydrogens is 265 g/mol. The highest BCUT2D eigenvalue weighted by molar-refractivity contribution is 6.30. The van der Waals surface area contributed by atoms with Crippen molar-refractivity contribution in [1.82, 2.24) is 0 Å². The molecule has 1 aromatic carbocycles. The predicted molar refractivity (Wildman–Crippen MR) is 73.6 cm³/mol. The molecule has 0 saturated heterocycles. The Bertz CT molecular complexity index is 505. The number of nitrogens with one attached hydrogen (secondary N) is 1. The third kappa shape index (κ3) is 2.76. The fraction of sp³-hybridized carbons (Fsp3) is 0.533. The lowest BCUT2D eigenvalue weighted by atomic mass is 9.86. The van der Waals surface area contributed by atoms with E-state index in [0.29, 0.717) is 23.3 Å². The average molecular weight is 282 g/mol. The Morgan fingerprint density at radius 3 is 2.89 bits per heavy atom. The molecule has 1 amide bonds. The normalized spacial score (nSPS) is 28.6. The van der Waals surface area contributed by atoms with Gasteiger partial charge in [0.1, 0.15) is 5.82 Å². The van der Waals surface area contributed by atoms with Gasteiger partial charge in [-0.25, -0.2) is 4.39 Å². The molecule has 4 heteroatoms. The van der Waals surface area contributed by atoms with E-state index in [0.717, 1.165) is 12.3 Å². The minimum atomic E-state index is -0.439. The van der Waals surface area contributed by atoms with Gasteiger partial charge in [0.25, 0.3) is 0 Å². The van der Waals surface area contributed by atoms with Crippen LogP contribution in [-0.2, 0) is 4.79 Å². The van der Waals surface area contributed by atoms with Gasteiger partial charge >= 0.3 is 0 Å². The Hall–Kier alpha value is -1.09. The Morgan fingerprint density at radius 2 is 2.21 bits per heavy atom. The number of hydrogen-bond donors (Lipinski definition) is 1. The lowest BCUT2D eigenvalue weighted by molar-refractivity contribution is -0.117. The minimum absolute atomic E-state index is 0.0984. The molecule has 2 aliphatic rings. The lowest BCUT2D eigenvalue weighted by Crippen LogP contribution is -2.20. The van der Waals surface area contributed by atoms with E-state index >= 15 is 0 Å². The van der Waals surface area contributed by atoms with Crippen LogP contribution < -0.4 is 5.32 Å². The highest BCUT2D eigenvalue weighted by Crippen LogP contribution is 2.49. The Morgan fingerprint density at radius 1 is 1.37 bits per heavy atom. The molecule has 1 aromatic rings. The van der Waals surface area contributed by atoms with E-state index in [9.17, 15) is 9.18 Å². The molecule has 2 saturated carbocycles. The molecule has 0 unspecified atom stereocenters. The molecule has 0 heterocycles. The van der Waals surface area contributed by atoms with Gasteiger partial charge in [0.2, 0.25) is 5.91 Å². The molecule has 1 N–H and O–H groups in total. The molecule has 2 fully saturated rings. The maximum absolute atomic E-state index is 13.5. The van der Waals surface area contributed by atoms with Gasteiger partial charge < -0.3 is 5.32 Å². The molecule has 2 bridgehead atoms. The van der Waals surface area contributed by atoms with Gasteiger partial charge in [0, 0.05) is 11.4 Å². The summed E-state index contributed by atoms with van der Waals surface area (Å²) in [5, 5.41) is 3.07. The van der Waals surface area contributed by atoms with Crippen LogP contribution in [0.1, 0.15) is 32.1 Å². The number of carbonyl (C=O) groups is 1. The topological polar surface area (TPSA) is 29.1 Å². The fourth-order valence-electron chi connectivity index (χ4n) is 3.66. The maximum Gasteiger partial charge on any atom is 0.224 e. The number of amides is 1. The largest absolute Gasteiger partial charge is 0.324 e. The summed E-state index contributed by atoms with van der Waals surface area (Å²) in [7, 11) is 0. The molecule has 0 radical (unpaired) electrons. The van der Waals surface area contributed by atoms with Gasteiger partial charge in [0.05, 0.1) is 5.69 Å². The van der Waals surface area contributed by atoms with Crippen molar-refractivity contribution in [2.75, 3.05) is 5.32 Å². The van der Waals surface area contributed by atoms with Gasteiger partial charge in [0.15, 0.2) is 0 Å². The maximum atomic E-state index is 13.5. The molecule has 19 heavy (non-hydrogen) atoms. The molecular formula is C15H17ClFNO. The van der Waals surface area contributed by atoms with Gasteiger partial charge in [-0.05, 0) is 55.2 Å². The van der Waals surface area contributed by atoms with E-state index in [1.165, 1.54) is 37.5 Å². The zero-order valence-corrected chi connectivity index (χ0v) is 11.4. The fourth-order valence-corrected chi connectivity index (χ4v) is 3.83. The first-order valence-corrected chi connectivity index (χ1v) is 7.24. The van der Waals surface area contributed by atoms with Crippen molar-refractivity contribution < 1.29 is 9.18 Å². The minimum Gasteiger partial charge on any atom is -0.324 e. The third-order valence-corrected chi connectivity index (χ3v) is 4.77. The van der Waals surface area contributed by atoms with Crippen LogP contribution in [0.5, 0.6) is 0 Å². The van der Waals surface area contributed by atoms with Crippen LogP contribution in [0.25, 0.3) is 0 Å². The molecule has 0 spiro atoms. The Balaban J connectivity index is 1.61. The number of carbonyl (C=O) groups excluding carboxylic acids is 1. The van der Waals surface area contributed by atoms with Crippen LogP contribution in [0.15, 0.2) is 18.2 Å². The van der Waals surface area contributed by atoms with Gasteiger partial charge in [-0.1, -0.05) is 18.0 Å². The second-order valence-corrected chi connectivity index (χ2v) is 6.25. The summed E-state index contributed by atoms with van der Waals surface area (Å²) in [6.07, 6.45) is 5.53. The van der Waals surface area contributed by atoms with Crippen LogP contribution in [0.3, 0.4) is 0 Å². The van der Waals surface area contributed by atoms with Crippen molar-refractivity contribution in [2.45, 2.75) is 32.1 Å². The van der Waals surface area contributed by atoms with Crippen molar-refractivity contribution in [3.63, 3.8) is 0 Å². The molecule has 3 atom stereocenters. The number of rotatable bonds is 3. The summed E-state index contributed by atoms with van der Waals surface area (Å²) in [5.74, 6) is 1.48. The summed E-state index contributed by atoms with van der Waals surface area (Å²) >= 11 is 5.80. The molecule has 2 nitrogen and oxygen atoms in total. The van der Waals surface area contributed by atoms with E-state index in [4.69, 9.17) is 11.6 Å². The number of hydrogen-bond acceptors (Lipinski definition) is 1. The lowest BCUT2D eigenvalue weighted by Gasteiger charge is -2.21. The van der Waals surface area contributed by atoms with Crippen LogP contribution in [0.4, 0.5) is 10.1 Å². The monoisotopic (exact) mass is 281 g/mol. The van der Waals surface area contributed by atoms with Crippen molar-refractivity contribution in [2.24, 2.45) is 17.8 Å². The summed E-state index contributed by atoms with van der Waals surface area (Å²) in [4.78, 5) is 12.0.